The van der Waals surface area contributed by atoms with Gasteiger partial charge in [0.25, 0.3) is 11.8 Å². The third kappa shape index (κ3) is 5.91. The summed E-state index contributed by atoms with van der Waals surface area (Å²) in [7, 11) is -3.48. The van der Waals surface area contributed by atoms with Crippen molar-refractivity contribution in [2.75, 3.05) is 12.8 Å². The number of rotatable bonds is 8. The van der Waals surface area contributed by atoms with Gasteiger partial charge in [0.15, 0.2) is 9.84 Å². The zero-order valence-corrected chi connectivity index (χ0v) is 24.6. The van der Waals surface area contributed by atoms with Crippen molar-refractivity contribution in [1.82, 2.24) is 10.2 Å². The first-order valence-corrected chi connectivity index (χ1v) is 15.7. The number of carboxylic acid groups (broad SMARTS) is 1. The van der Waals surface area contributed by atoms with Crippen LogP contribution < -0.4 is 5.32 Å². The molecule has 0 saturated carbocycles. The van der Waals surface area contributed by atoms with Gasteiger partial charge in [0.05, 0.1) is 21.7 Å². The van der Waals surface area contributed by atoms with E-state index in [4.69, 9.17) is 16.0 Å². The molecule has 0 saturated heterocycles. The Labute approximate surface area is 248 Å². The van der Waals surface area contributed by atoms with Crippen LogP contribution >= 0.6 is 11.6 Å². The zero-order valence-electron chi connectivity index (χ0n) is 23.0. The summed E-state index contributed by atoms with van der Waals surface area (Å²) in [6, 6.07) is 13.7. The van der Waals surface area contributed by atoms with Crippen LogP contribution in [0.15, 0.2) is 70.2 Å². The van der Waals surface area contributed by atoms with Crippen LogP contribution in [0.5, 0.6) is 0 Å². The molecule has 2 amide bonds. The van der Waals surface area contributed by atoms with E-state index in [2.05, 4.69) is 5.32 Å². The standard InChI is InChI=1S/C31H29ClN2O7S/c1-3-19-15-22-17-34(30(36)21-8-7-20-10-12-41-26(20)16-21)11-9-24(22)28(32)27(19)29(35)33-25(31(37)38)14-18-5-4-6-23(13-18)42(2,39)40/h4-8,10,12-13,15-16,25H,3,9,11,14,17H2,1-2H3,(H,33,35)(H,37,38)/t25-/m0/s1. The van der Waals surface area contributed by atoms with Gasteiger partial charge in [-0.25, -0.2) is 13.2 Å². The maximum atomic E-state index is 13.5. The van der Waals surface area contributed by atoms with E-state index in [1.165, 1.54) is 18.2 Å². The second-order valence-corrected chi connectivity index (χ2v) is 12.7. The lowest BCUT2D eigenvalue weighted by molar-refractivity contribution is -0.139. The first-order chi connectivity index (χ1) is 20.0. The van der Waals surface area contributed by atoms with E-state index in [0.29, 0.717) is 48.2 Å². The van der Waals surface area contributed by atoms with Crippen LogP contribution in [0.2, 0.25) is 5.02 Å². The number of hydrogen-bond donors (Lipinski definition) is 2. The van der Waals surface area contributed by atoms with Crippen molar-refractivity contribution < 1.29 is 32.3 Å². The number of fused-ring (bicyclic) bond motifs is 2. The van der Waals surface area contributed by atoms with Gasteiger partial charge in [-0.05, 0) is 65.4 Å². The number of carbonyl (C=O) groups excluding carboxylic acids is 2. The third-order valence-corrected chi connectivity index (χ3v) is 9.03. The highest BCUT2D eigenvalue weighted by Crippen LogP contribution is 2.33. The fourth-order valence-electron chi connectivity index (χ4n) is 5.28. The first-order valence-electron chi connectivity index (χ1n) is 13.4. The summed E-state index contributed by atoms with van der Waals surface area (Å²) in [4.78, 5) is 40.7. The largest absolute Gasteiger partial charge is 0.480 e. The highest BCUT2D eigenvalue weighted by molar-refractivity contribution is 7.90. The number of nitrogens with one attached hydrogen (secondary N) is 1. The molecule has 0 radical (unpaired) electrons. The van der Waals surface area contributed by atoms with Crippen LogP contribution in [0.4, 0.5) is 0 Å². The number of halogens is 1. The Morgan fingerprint density at radius 1 is 1.12 bits per heavy atom. The Kier molecular flexibility index (Phi) is 8.12. The van der Waals surface area contributed by atoms with Gasteiger partial charge < -0.3 is 19.7 Å². The van der Waals surface area contributed by atoms with Crippen molar-refractivity contribution in [3.8, 4) is 0 Å². The maximum Gasteiger partial charge on any atom is 0.326 e. The molecule has 0 bridgehead atoms. The molecule has 1 aromatic heterocycles. The molecule has 0 aliphatic carbocycles. The molecule has 3 aromatic carbocycles. The molecule has 0 unspecified atom stereocenters. The molecule has 11 heteroatoms. The fraction of sp³-hybridized carbons (Fsp3) is 0.258. The zero-order chi connectivity index (χ0) is 30.2. The van der Waals surface area contributed by atoms with Gasteiger partial charge in [0.1, 0.15) is 11.6 Å². The van der Waals surface area contributed by atoms with Crippen LogP contribution in [0.3, 0.4) is 0 Å². The van der Waals surface area contributed by atoms with Gasteiger partial charge in [-0.2, -0.15) is 0 Å². The second-order valence-electron chi connectivity index (χ2n) is 10.4. The monoisotopic (exact) mass is 608 g/mol. The Morgan fingerprint density at radius 3 is 2.62 bits per heavy atom. The number of carbonyl (C=O) groups is 3. The van der Waals surface area contributed by atoms with E-state index >= 15 is 0 Å². The molecule has 5 rings (SSSR count). The van der Waals surface area contributed by atoms with Gasteiger partial charge in [-0.1, -0.05) is 42.8 Å². The Hall–Kier alpha value is -4.15. The Balaban J connectivity index is 1.37. The molecule has 1 aliphatic rings. The van der Waals surface area contributed by atoms with Crippen molar-refractivity contribution >= 4 is 50.2 Å². The molecule has 9 nitrogen and oxygen atoms in total. The van der Waals surface area contributed by atoms with Crippen LogP contribution in [-0.4, -0.2) is 55.1 Å². The minimum Gasteiger partial charge on any atom is -0.480 e. The summed E-state index contributed by atoms with van der Waals surface area (Å²) < 4.78 is 29.3. The highest BCUT2D eigenvalue weighted by Gasteiger charge is 2.30. The topological polar surface area (TPSA) is 134 Å². The quantitative estimate of drug-likeness (QED) is 0.297. The van der Waals surface area contributed by atoms with Gasteiger partial charge in [-0.15, -0.1) is 0 Å². The maximum absolute atomic E-state index is 13.5. The van der Waals surface area contributed by atoms with Crippen molar-refractivity contribution in [1.29, 1.82) is 0 Å². The van der Waals surface area contributed by atoms with Crippen LogP contribution in [-0.2, 0) is 40.4 Å². The summed E-state index contributed by atoms with van der Waals surface area (Å²) >= 11 is 6.81. The number of nitrogens with zero attached hydrogens (tertiary/aromatic N) is 1. The number of amides is 2. The molecule has 218 valence electrons. The number of carboxylic acids is 1. The van der Waals surface area contributed by atoms with Crippen LogP contribution in [0, 0.1) is 0 Å². The molecule has 2 N–H and O–H groups in total. The lowest BCUT2D eigenvalue weighted by Crippen LogP contribution is -2.43. The smallest absolute Gasteiger partial charge is 0.326 e. The molecule has 1 aliphatic heterocycles. The predicted octanol–water partition coefficient (Wildman–Crippen LogP) is 4.68. The summed E-state index contributed by atoms with van der Waals surface area (Å²) in [5, 5.41) is 13.6. The number of hydrogen-bond acceptors (Lipinski definition) is 6. The van der Waals surface area contributed by atoms with Gasteiger partial charge in [0.2, 0.25) is 0 Å². The summed E-state index contributed by atoms with van der Waals surface area (Å²) in [6.07, 6.45) is 3.41. The molecule has 0 fully saturated rings. The SMILES string of the molecule is CCc1cc2c(c(Cl)c1C(=O)N[C@@H](Cc1cccc(S(C)(=O)=O)c1)C(=O)O)CCN(C(=O)c1ccc3ccoc3c1)C2. The number of aryl methyl sites for hydroxylation is 1. The van der Waals surface area contributed by atoms with E-state index in [0.717, 1.165) is 22.8 Å². The summed E-state index contributed by atoms with van der Waals surface area (Å²) in [5.41, 5.74) is 4.02. The Morgan fingerprint density at radius 2 is 1.90 bits per heavy atom. The van der Waals surface area contributed by atoms with E-state index in [1.54, 1.807) is 29.4 Å². The predicted molar refractivity (Wildman–Crippen MR) is 158 cm³/mol. The third-order valence-electron chi connectivity index (χ3n) is 7.50. The molecule has 1 atom stereocenters. The van der Waals surface area contributed by atoms with E-state index in [9.17, 15) is 27.9 Å². The molecular weight excluding hydrogens is 580 g/mol. The van der Waals surface area contributed by atoms with Gasteiger partial charge >= 0.3 is 5.97 Å². The lowest BCUT2D eigenvalue weighted by atomic mass is 9.91. The molecular formula is C31H29ClN2O7S. The highest BCUT2D eigenvalue weighted by atomic mass is 35.5. The average Bonchev–Trinajstić information content (AvgIpc) is 3.43. The van der Waals surface area contributed by atoms with Gasteiger partial charge in [0, 0.05) is 36.7 Å². The molecule has 42 heavy (non-hydrogen) atoms. The van der Waals surface area contributed by atoms with Crippen molar-refractivity contribution in [2.45, 2.75) is 43.7 Å². The summed E-state index contributed by atoms with van der Waals surface area (Å²) in [6.45, 7) is 2.57. The molecule has 4 aromatic rings. The minimum atomic E-state index is -3.48. The van der Waals surface area contributed by atoms with Crippen molar-refractivity contribution in [3.05, 3.63) is 99.3 Å². The summed E-state index contributed by atoms with van der Waals surface area (Å²) in [5.74, 6) is -2.03. The fourth-order valence-corrected chi connectivity index (χ4v) is 6.40. The van der Waals surface area contributed by atoms with E-state index < -0.39 is 27.8 Å². The Bertz CT molecular complexity index is 1830. The number of benzene rings is 3. The lowest BCUT2D eigenvalue weighted by Gasteiger charge is -2.31. The average molecular weight is 609 g/mol. The van der Waals surface area contributed by atoms with Crippen LogP contribution in [0.1, 0.15) is 49.9 Å². The van der Waals surface area contributed by atoms with Crippen molar-refractivity contribution in [3.63, 3.8) is 0 Å². The van der Waals surface area contributed by atoms with E-state index in [-0.39, 0.29) is 27.8 Å². The molecule has 2 heterocycles. The second kappa shape index (κ2) is 11.6. The first kappa shape index (κ1) is 29.3. The van der Waals surface area contributed by atoms with Crippen LogP contribution in [0.25, 0.3) is 11.0 Å². The van der Waals surface area contributed by atoms with E-state index in [1.807, 2.05) is 25.1 Å². The number of furan rings is 1. The number of sulfone groups is 1. The minimum absolute atomic E-state index is 0.0653. The molecule has 0 spiro atoms. The van der Waals surface area contributed by atoms with Crippen molar-refractivity contribution in [2.24, 2.45) is 0 Å². The van der Waals surface area contributed by atoms with Gasteiger partial charge in [-0.3, -0.25) is 9.59 Å². The normalized spacial score (nSPS) is 13.9. The number of aliphatic carboxylic acids is 1.